The fourth-order valence-corrected chi connectivity index (χ4v) is 4.62. The van der Waals surface area contributed by atoms with E-state index in [2.05, 4.69) is 17.2 Å². The van der Waals surface area contributed by atoms with Crippen LogP contribution in [-0.4, -0.2) is 41.7 Å². The molecule has 1 aliphatic heterocycles. The number of nitrogens with one attached hydrogen (secondary N) is 1. The van der Waals surface area contributed by atoms with Crippen LogP contribution in [0.1, 0.15) is 32.6 Å². The van der Waals surface area contributed by atoms with Crippen LogP contribution in [0.3, 0.4) is 0 Å². The molecule has 3 aromatic rings. The molecule has 0 bridgehead atoms. The highest BCUT2D eigenvalue weighted by Gasteiger charge is 2.25. The summed E-state index contributed by atoms with van der Waals surface area (Å²) in [5, 5.41) is 4.23. The van der Waals surface area contributed by atoms with E-state index in [1.54, 1.807) is 0 Å². The fraction of sp³-hybridized carbons (Fsp3) is 0.391. The van der Waals surface area contributed by atoms with Crippen molar-refractivity contribution >= 4 is 44.9 Å². The quantitative estimate of drug-likeness (QED) is 0.427. The lowest BCUT2D eigenvalue weighted by Crippen LogP contribution is -2.43. The molecule has 0 spiro atoms. The van der Waals surface area contributed by atoms with Crippen LogP contribution in [-0.2, 0) is 0 Å². The summed E-state index contributed by atoms with van der Waals surface area (Å²) in [6.45, 7) is 4.12. The highest BCUT2D eigenvalue weighted by molar-refractivity contribution is 7.20. The van der Waals surface area contributed by atoms with Crippen LogP contribution in [0.15, 0.2) is 42.5 Å². The molecule has 4 rings (SSSR count). The van der Waals surface area contributed by atoms with Gasteiger partial charge < -0.3 is 19.7 Å². The molecule has 164 valence electrons. The number of carbonyl (C=O) groups excluding carboxylic acids is 1. The second-order valence-corrected chi connectivity index (χ2v) is 8.93. The number of amides is 2. The number of aromatic nitrogens is 1. The van der Waals surface area contributed by atoms with Gasteiger partial charge in [0.25, 0.3) is 5.19 Å². The minimum absolute atomic E-state index is 0.0444. The van der Waals surface area contributed by atoms with Crippen molar-refractivity contribution in [2.24, 2.45) is 0 Å². The molecule has 1 aliphatic rings. The number of benzene rings is 2. The zero-order valence-corrected chi connectivity index (χ0v) is 19.0. The summed E-state index contributed by atoms with van der Waals surface area (Å²) in [7, 11) is 0. The normalized spacial score (nSPS) is 14.6. The first-order valence-electron chi connectivity index (χ1n) is 10.6. The van der Waals surface area contributed by atoms with Crippen molar-refractivity contribution in [1.82, 2.24) is 9.88 Å². The zero-order valence-electron chi connectivity index (χ0n) is 17.5. The topological polar surface area (TPSA) is 63.7 Å². The summed E-state index contributed by atoms with van der Waals surface area (Å²) in [5.74, 6) is 0.820. The van der Waals surface area contributed by atoms with E-state index in [9.17, 15) is 4.79 Å². The number of urea groups is 1. The zero-order chi connectivity index (χ0) is 21.6. The lowest BCUT2D eigenvalue weighted by Gasteiger charge is -2.31. The molecular formula is C23H26ClN3O3S. The number of anilines is 1. The molecule has 1 aromatic heterocycles. The number of carbonyl (C=O) groups is 1. The van der Waals surface area contributed by atoms with E-state index < -0.39 is 0 Å². The molecule has 0 unspecified atom stereocenters. The van der Waals surface area contributed by atoms with Gasteiger partial charge in [-0.15, -0.1) is 0 Å². The molecule has 0 radical (unpaired) electrons. The van der Waals surface area contributed by atoms with E-state index in [0.717, 1.165) is 47.3 Å². The smallest absolute Gasteiger partial charge is 0.321 e. The third kappa shape index (κ3) is 5.60. The number of unbranched alkanes of at least 4 members (excludes halogenated alkanes) is 1. The first-order chi connectivity index (χ1) is 15.1. The second-order valence-electron chi connectivity index (χ2n) is 7.53. The van der Waals surface area contributed by atoms with Crippen LogP contribution in [0.2, 0.25) is 5.02 Å². The first kappa shape index (κ1) is 21.7. The Balaban J connectivity index is 1.25. The molecule has 0 atom stereocenters. The summed E-state index contributed by atoms with van der Waals surface area (Å²) in [6, 6.07) is 13.1. The third-order valence-corrected chi connectivity index (χ3v) is 6.44. The lowest BCUT2D eigenvalue weighted by atomic mass is 10.1. The van der Waals surface area contributed by atoms with Crippen molar-refractivity contribution in [3.8, 4) is 10.9 Å². The van der Waals surface area contributed by atoms with Crippen molar-refractivity contribution in [3.63, 3.8) is 0 Å². The van der Waals surface area contributed by atoms with Crippen LogP contribution in [0.5, 0.6) is 10.9 Å². The average Bonchev–Trinajstić information content (AvgIpc) is 3.19. The van der Waals surface area contributed by atoms with E-state index in [1.165, 1.54) is 11.3 Å². The van der Waals surface area contributed by atoms with Gasteiger partial charge in [0.1, 0.15) is 17.4 Å². The molecular weight excluding hydrogens is 434 g/mol. The molecule has 8 heteroatoms. The Morgan fingerprint density at radius 2 is 2.00 bits per heavy atom. The van der Waals surface area contributed by atoms with Crippen LogP contribution >= 0.6 is 22.9 Å². The Bertz CT molecular complexity index is 1020. The number of rotatable bonds is 7. The maximum absolute atomic E-state index is 12.6. The number of hydrogen-bond acceptors (Lipinski definition) is 5. The van der Waals surface area contributed by atoms with Gasteiger partial charge in [0.2, 0.25) is 0 Å². The number of hydrogen-bond donors (Lipinski definition) is 1. The van der Waals surface area contributed by atoms with E-state index in [4.69, 9.17) is 21.1 Å². The molecule has 0 aliphatic carbocycles. The number of thiazole rings is 1. The maximum atomic E-state index is 12.6. The molecule has 2 aromatic carbocycles. The van der Waals surface area contributed by atoms with Gasteiger partial charge in [-0.25, -0.2) is 9.78 Å². The minimum Gasteiger partial charge on any atom is -0.494 e. The molecule has 1 saturated heterocycles. The Labute approximate surface area is 191 Å². The number of fused-ring (bicyclic) bond motifs is 1. The second kappa shape index (κ2) is 10.2. The Hall–Kier alpha value is -2.51. The number of para-hydroxylation sites is 1. The van der Waals surface area contributed by atoms with E-state index >= 15 is 0 Å². The van der Waals surface area contributed by atoms with E-state index in [0.29, 0.717) is 29.9 Å². The maximum Gasteiger partial charge on any atom is 0.321 e. The molecule has 6 nitrogen and oxygen atoms in total. The van der Waals surface area contributed by atoms with Gasteiger partial charge in [0.05, 0.1) is 16.3 Å². The largest absolute Gasteiger partial charge is 0.494 e. The van der Waals surface area contributed by atoms with Crippen LogP contribution in [0, 0.1) is 0 Å². The Kier molecular flexibility index (Phi) is 7.14. The molecule has 1 fully saturated rings. The summed E-state index contributed by atoms with van der Waals surface area (Å²) in [4.78, 5) is 18.9. The van der Waals surface area contributed by atoms with Gasteiger partial charge in [-0.2, -0.15) is 0 Å². The van der Waals surface area contributed by atoms with Gasteiger partial charge in [0, 0.05) is 31.6 Å². The van der Waals surface area contributed by atoms with E-state index in [1.807, 2.05) is 47.4 Å². The van der Waals surface area contributed by atoms with Gasteiger partial charge in [-0.05, 0) is 42.8 Å². The van der Waals surface area contributed by atoms with Gasteiger partial charge in [0.15, 0.2) is 0 Å². The summed E-state index contributed by atoms with van der Waals surface area (Å²) in [5.41, 5.74) is 1.54. The predicted molar refractivity (Wildman–Crippen MR) is 126 cm³/mol. The summed E-state index contributed by atoms with van der Waals surface area (Å²) < 4.78 is 12.7. The number of likely N-dealkylation sites (tertiary alicyclic amines) is 1. The van der Waals surface area contributed by atoms with Crippen LogP contribution in [0.4, 0.5) is 10.5 Å². The monoisotopic (exact) mass is 459 g/mol. The number of halogens is 1. The van der Waals surface area contributed by atoms with Gasteiger partial charge >= 0.3 is 6.03 Å². The van der Waals surface area contributed by atoms with Crippen LogP contribution in [0.25, 0.3) is 10.2 Å². The van der Waals surface area contributed by atoms with Gasteiger partial charge in [-0.1, -0.05) is 42.3 Å². The number of nitrogens with zero attached hydrogens (tertiary/aromatic N) is 2. The van der Waals surface area contributed by atoms with Crippen LogP contribution < -0.4 is 14.8 Å². The molecule has 2 heterocycles. The number of piperidine rings is 1. The van der Waals surface area contributed by atoms with Crippen molar-refractivity contribution in [2.45, 2.75) is 38.7 Å². The summed E-state index contributed by atoms with van der Waals surface area (Å²) >= 11 is 7.70. The first-order valence-corrected chi connectivity index (χ1v) is 11.8. The fourth-order valence-electron chi connectivity index (χ4n) is 3.44. The predicted octanol–water partition coefficient (Wildman–Crippen LogP) is 6.20. The Morgan fingerprint density at radius 1 is 1.23 bits per heavy atom. The molecule has 0 saturated carbocycles. The average molecular weight is 460 g/mol. The number of ether oxygens (including phenoxy) is 2. The minimum atomic E-state index is -0.0927. The third-order valence-electron chi connectivity index (χ3n) is 5.22. The highest BCUT2D eigenvalue weighted by Crippen LogP contribution is 2.33. The van der Waals surface area contributed by atoms with E-state index in [-0.39, 0.29) is 12.1 Å². The van der Waals surface area contributed by atoms with Crippen molar-refractivity contribution in [2.75, 3.05) is 25.0 Å². The van der Waals surface area contributed by atoms with Crippen molar-refractivity contribution < 1.29 is 14.3 Å². The highest BCUT2D eigenvalue weighted by atomic mass is 35.5. The molecule has 1 N–H and O–H groups in total. The lowest BCUT2D eigenvalue weighted by molar-refractivity contribution is 0.115. The standard InChI is InChI=1S/C23H26ClN3O3S/c1-2-3-15-29-17-9-7-16(8-10-17)25-22(28)27-13-11-18(12-14-27)30-23-26-21-19(24)5-4-6-20(21)31-23/h4-10,18H,2-3,11-15H2,1H3,(H,25,28). The molecule has 31 heavy (non-hydrogen) atoms. The van der Waals surface area contributed by atoms with Crippen molar-refractivity contribution in [3.05, 3.63) is 47.5 Å². The van der Waals surface area contributed by atoms with Gasteiger partial charge in [-0.3, -0.25) is 0 Å². The summed E-state index contributed by atoms with van der Waals surface area (Å²) in [6.07, 6.45) is 3.71. The van der Waals surface area contributed by atoms with Crippen molar-refractivity contribution in [1.29, 1.82) is 0 Å². The Morgan fingerprint density at radius 3 is 2.71 bits per heavy atom. The SMILES string of the molecule is CCCCOc1ccc(NC(=O)N2CCC(Oc3nc4c(Cl)cccc4s3)CC2)cc1. The molecule has 2 amide bonds.